The molecule has 6 nitrogen and oxygen atoms in total. The van der Waals surface area contributed by atoms with E-state index < -0.39 is 18.2 Å². The van der Waals surface area contributed by atoms with E-state index in [1.165, 1.54) is 0 Å². The van der Waals surface area contributed by atoms with Gasteiger partial charge in [-0.3, -0.25) is 9.78 Å². The van der Waals surface area contributed by atoms with E-state index in [0.29, 0.717) is 24.1 Å². The van der Waals surface area contributed by atoms with Gasteiger partial charge < -0.3 is 9.26 Å². The van der Waals surface area contributed by atoms with Crippen molar-refractivity contribution in [2.75, 3.05) is 6.61 Å². The molecule has 0 unspecified atom stereocenters. The number of ether oxygens (including phenoxy) is 1. The van der Waals surface area contributed by atoms with Crippen molar-refractivity contribution in [3.63, 3.8) is 0 Å². The standard InChI is InChI=1S/C18H19ClF3N3O3/c1-10-24-16(25-28-10)17(2,6-11-3-4-11)7-14(26)13-5-15(12(19)8-23-13)27-9-18(20,21)22/h5,8,11H,3-4,6-7,9H2,1-2H3/t17-/m0/s1. The van der Waals surface area contributed by atoms with Gasteiger partial charge in [-0.15, -0.1) is 0 Å². The van der Waals surface area contributed by atoms with Gasteiger partial charge in [0.05, 0.1) is 6.20 Å². The normalized spacial score (nSPS) is 16.6. The van der Waals surface area contributed by atoms with Crippen LogP contribution in [0.4, 0.5) is 13.2 Å². The molecule has 1 saturated carbocycles. The number of carbonyl (C=O) groups is 1. The predicted octanol–water partition coefficient (Wildman–Crippen LogP) is 4.70. The molecule has 1 aliphatic rings. The average Bonchev–Trinajstić information content (AvgIpc) is 3.29. The molecule has 1 fully saturated rings. The second-order valence-electron chi connectivity index (χ2n) is 7.35. The van der Waals surface area contributed by atoms with Crippen LogP contribution in [0.1, 0.15) is 54.8 Å². The molecule has 1 atom stereocenters. The minimum absolute atomic E-state index is 0.0242. The number of hydrogen-bond donors (Lipinski definition) is 0. The van der Waals surface area contributed by atoms with E-state index in [1.54, 1.807) is 6.92 Å². The first-order chi connectivity index (χ1) is 13.1. The summed E-state index contributed by atoms with van der Waals surface area (Å²) in [6.07, 6.45) is -0.504. The molecule has 0 N–H and O–H groups in total. The fraction of sp³-hybridized carbons (Fsp3) is 0.556. The second kappa shape index (κ2) is 7.69. The third-order valence-corrected chi connectivity index (χ3v) is 4.84. The van der Waals surface area contributed by atoms with Gasteiger partial charge in [0.15, 0.2) is 18.2 Å². The lowest BCUT2D eigenvalue weighted by molar-refractivity contribution is -0.153. The van der Waals surface area contributed by atoms with E-state index >= 15 is 0 Å². The van der Waals surface area contributed by atoms with Gasteiger partial charge in [0.25, 0.3) is 0 Å². The maximum Gasteiger partial charge on any atom is 0.422 e. The molecule has 0 bridgehead atoms. The molecule has 0 radical (unpaired) electrons. The summed E-state index contributed by atoms with van der Waals surface area (Å²) < 4.78 is 47.0. The fourth-order valence-corrected chi connectivity index (χ4v) is 3.19. The monoisotopic (exact) mass is 417 g/mol. The summed E-state index contributed by atoms with van der Waals surface area (Å²) in [4.78, 5) is 21.1. The van der Waals surface area contributed by atoms with Crippen molar-refractivity contribution < 1.29 is 27.2 Å². The van der Waals surface area contributed by atoms with Crippen LogP contribution in [0.25, 0.3) is 0 Å². The van der Waals surface area contributed by atoms with E-state index in [0.717, 1.165) is 25.1 Å². The van der Waals surface area contributed by atoms with Gasteiger partial charge in [-0.2, -0.15) is 18.2 Å². The zero-order valence-corrected chi connectivity index (χ0v) is 16.1. The summed E-state index contributed by atoms with van der Waals surface area (Å²) in [5.41, 5.74) is -0.687. The molecule has 0 aliphatic heterocycles. The third-order valence-electron chi connectivity index (χ3n) is 4.55. The molecule has 2 heterocycles. The quantitative estimate of drug-likeness (QED) is 0.579. The summed E-state index contributed by atoms with van der Waals surface area (Å²) in [6, 6.07) is 1.13. The summed E-state index contributed by atoms with van der Waals surface area (Å²) in [7, 11) is 0. The van der Waals surface area contributed by atoms with Crippen LogP contribution in [-0.2, 0) is 5.41 Å². The highest BCUT2D eigenvalue weighted by Crippen LogP contribution is 2.43. The van der Waals surface area contributed by atoms with E-state index in [9.17, 15) is 18.0 Å². The van der Waals surface area contributed by atoms with Gasteiger partial charge >= 0.3 is 6.18 Å². The van der Waals surface area contributed by atoms with Gasteiger partial charge in [-0.05, 0) is 12.3 Å². The molecule has 2 aromatic rings. The Hall–Kier alpha value is -2.16. The number of rotatable bonds is 8. The van der Waals surface area contributed by atoms with Crippen molar-refractivity contribution in [3.05, 3.63) is 34.7 Å². The summed E-state index contributed by atoms with van der Waals surface area (Å²) >= 11 is 5.84. The van der Waals surface area contributed by atoms with Crippen LogP contribution < -0.4 is 4.74 Å². The van der Waals surface area contributed by atoms with Crippen molar-refractivity contribution >= 4 is 17.4 Å². The third kappa shape index (κ3) is 5.21. The van der Waals surface area contributed by atoms with Gasteiger partial charge in [0.1, 0.15) is 16.5 Å². The maximum absolute atomic E-state index is 12.8. The number of nitrogens with zero attached hydrogens (tertiary/aromatic N) is 3. The minimum atomic E-state index is -4.52. The second-order valence-corrected chi connectivity index (χ2v) is 7.76. The number of aromatic nitrogens is 3. The van der Waals surface area contributed by atoms with Crippen LogP contribution in [0.2, 0.25) is 5.02 Å². The molecule has 10 heteroatoms. The molecule has 1 aliphatic carbocycles. The number of Topliss-reactive ketones (excluding diaryl/α,β-unsaturated/α-hetero) is 1. The lowest BCUT2D eigenvalue weighted by Gasteiger charge is -2.25. The highest BCUT2D eigenvalue weighted by atomic mass is 35.5. The van der Waals surface area contributed by atoms with Crippen molar-refractivity contribution in [1.82, 2.24) is 15.1 Å². The fourth-order valence-electron chi connectivity index (χ4n) is 3.03. The molecular formula is C18H19ClF3N3O3. The predicted molar refractivity (Wildman–Crippen MR) is 93.5 cm³/mol. The molecule has 2 aromatic heterocycles. The summed E-state index contributed by atoms with van der Waals surface area (Å²) in [6.45, 7) is 2.04. The Bertz CT molecular complexity index is 867. The summed E-state index contributed by atoms with van der Waals surface area (Å²) in [5, 5.41) is 3.87. The smallest absolute Gasteiger partial charge is 0.422 e. The maximum atomic E-state index is 12.8. The molecule has 0 spiro atoms. The Morgan fingerprint density at radius 1 is 1.39 bits per heavy atom. The number of halogens is 4. The lowest BCUT2D eigenvalue weighted by Crippen LogP contribution is -2.28. The molecular weight excluding hydrogens is 399 g/mol. The first kappa shape index (κ1) is 20.6. The number of carbonyl (C=O) groups excluding carboxylic acids is 1. The van der Waals surface area contributed by atoms with Crippen molar-refractivity contribution in [2.45, 2.75) is 51.1 Å². The summed E-state index contributed by atoms with van der Waals surface area (Å²) in [5.74, 6) is 0.723. The van der Waals surface area contributed by atoms with E-state index in [2.05, 4.69) is 15.1 Å². The Morgan fingerprint density at radius 2 is 2.11 bits per heavy atom. The highest BCUT2D eigenvalue weighted by Gasteiger charge is 2.40. The number of aryl methyl sites for hydroxylation is 1. The molecule has 0 amide bonds. The van der Waals surface area contributed by atoms with Crippen molar-refractivity contribution in [3.8, 4) is 5.75 Å². The number of ketones is 1. The molecule has 152 valence electrons. The minimum Gasteiger partial charge on any atom is -0.482 e. The number of hydrogen-bond acceptors (Lipinski definition) is 6. The van der Waals surface area contributed by atoms with E-state index in [-0.39, 0.29) is 28.7 Å². The van der Waals surface area contributed by atoms with Crippen LogP contribution in [0.15, 0.2) is 16.8 Å². The molecule has 28 heavy (non-hydrogen) atoms. The van der Waals surface area contributed by atoms with Crippen LogP contribution >= 0.6 is 11.6 Å². The van der Waals surface area contributed by atoms with Crippen molar-refractivity contribution in [1.29, 1.82) is 0 Å². The van der Waals surface area contributed by atoms with Gasteiger partial charge in [-0.25, -0.2) is 0 Å². The van der Waals surface area contributed by atoms with Gasteiger partial charge in [-0.1, -0.05) is 36.5 Å². The first-order valence-corrected chi connectivity index (χ1v) is 9.13. The highest BCUT2D eigenvalue weighted by molar-refractivity contribution is 6.32. The van der Waals surface area contributed by atoms with Crippen LogP contribution in [0.5, 0.6) is 5.75 Å². The molecule has 0 saturated heterocycles. The largest absolute Gasteiger partial charge is 0.482 e. The van der Waals surface area contributed by atoms with Crippen molar-refractivity contribution in [2.24, 2.45) is 5.92 Å². The number of pyridine rings is 1. The Balaban J connectivity index is 1.80. The lowest BCUT2D eigenvalue weighted by atomic mass is 9.78. The van der Waals surface area contributed by atoms with E-state index in [4.69, 9.17) is 20.9 Å². The average molecular weight is 418 g/mol. The first-order valence-electron chi connectivity index (χ1n) is 8.75. The van der Waals surface area contributed by atoms with Crippen LogP contribution in [-0.4, -0.2) is 33.7 Å². The molecule has 3 rings (SSSR count). The van der Waals surface area contributed by atoms with Gasteiger partial charge in [0, 0.05) is 24.8 Å². The zero-order valence-electron chi connectivity index (χ0n) is 15.3. The Kier molecular flexibility index (Phi) is 5.65. The zero-order chi connectivity index (χ0) is 20.5. The van der Waals surface area contributed by atoms with Crippen LogP contribution in [0, 0.1) is 12.8 Å². The number of alkyl halides is 3. The topological polar surface area (TPSA) is 78.1 Å². The Morgan fingerprint density at radius 3 is 2.68 bits per heavy atom. The molecule has 0 aromatic carbocycles. The van der Waals surface area contributed by atoms with Gasteiger partial charge in [0.2, 0.25) is 5.89 Å². The van der Waals surface area contributed by atoms with Crippen LogP contribution in [0.3, 0.4) is 0 Å². The van der Waals surface area contributed by atoms with E-state index in [1.807, 2.05) is 6.92 Å². The Labute approximate surface area is 164 Å². The SMILES string of the molecule is Cc1nc([C@](C)(CC(=O)c2cc(OCC(F)(F)F)c(Cl)cn2)CC2CC2)no1.